The van der Waals surface area contributed by atoms with E-state index in [4.69, 9.17) is 4.74 Å². The van der Waals surface area contributed by atoms with Crippen LogP contribution in [0.5, 0.6) is 0 Å². The highest BCUT2D eigenvalue weighted by Crippen LogP contribution is 2.16. The number of rotatable bonds is 1. The van der Waals surface area contributed by atoms with Crippen molar-refractivity contribution in [1.82, 2.24) is 4.90 Å². The molecule has 1 heterocycles. The Morgan fingerprint density at radius 2 is 2.10 bits per heavy atom. The Morgan fingerprint density at radius 1 is 1.38 bits per heavy atom. The van der Waals surface area contributed by atoms with Crippen LogP contribution >= 0.6 is 0 Å². The summed E-state index contributed by atoms with van der Waals surface area (Å²) < 4.78 is 5.38. The second-order valence-electron chi connectivity index (χ2n) is 5.99. The van der Waals surface area contributed by atoms with Crippen LogP contribution in [-0.4, -0.2) is 48.8 Å². The summed E-state index contributed by atoms with van der Waals surface area (Å²) in [6.07, 6.45) is 8.53. The van der Waals surface area contributed by atoms with Gasteiger partial charge in [-0.25, -0.2) is 0 Å². The number of hydrogen-bond donors (Lipinski definition) is 1. The number of ether oxygens (including phenoxy) is 1. The number of likely N-dealkylation sites (N-methyl/N-ethyl adjacent to an activating group) is 1. The van der Waals surface area contributed by atoms with E-state index in [2.05, 4.69) is 0 Å². The molecule has 1 N–H and O–H groups in total. The van der Waals surface area contributed by atoms with E-state index in [-0.39, 0.29) is 17.9 Å². The maximum atomic E-state index is 12.0. The van der Waals surface area contributed by atoms with Crippen LogP contribution in [0.2, 0.25) is 0 Å². The van der Waals surface area contributed by atoms with Crippen molar-refractivity contribution in [2.75, 3.05) is 20.7 Å². The number of aliphatic hydroxyl groups is 1. The van der Waals surface area contributed by atoms with E-state index in [0.717, 1.165) is 24.8 Å². The number of carbonyl (C=O) groups is 1. The molecule has 3 atom stereocenters. The maximum Gasteiger partial charge on any atom is 0.222 e. The first-order chi connectivity index (χ1) is 9.95. The van der Waals surface area contributed by atoms with Crippen molar-refractivity contribution in [3.8, 4) is 0 Å². The van der Waals surface area contributed by atoms with Crippen molar-refractivity contribution < 1.29 is 14.6 Å². The standard InChI is InChI=1S/C17H29NO3/c1-13-11-14(2)17(20)15(21-4)9-7-5-6-8-10-16(19)18(3)12-13/h7,9,11,14-15,17,20H,5-6,8,10,12H2,1-4H3/b9-7+,13-11-/t14-,15+,17+/m1/s1. The van der Waals surface area contributed by atoms with Crippen LogP contribution in [0, 0.1) is 5.92 Å². The molecule has 0 bridgehead atoms. The molecule has 4 heteroatoms. The van der Waals surface area contributed by atoms with E-state index in [9.17, 15) is 9.90 Å². The van der Waals surface area contributed by atoms with Crippen LogP contribution in [0.15, 0.2) is 23.8 Å². The summed E-state index contributed by atoms with van der Waals surface area (Å²) in [5, 5.41) is 10.4. The second-order valence-corrected chi connectivity index (χ2v) is 5.99. The minimum Gasteiger partial charge on any atom is -0.389 e. The van der Waals surface area contributed by atoms with Crippen molar-refractivity contribution >= 4 is 5.91 Å². The van der Waals surface area contributed by atoms with Crippen LogP contribution in [0.4, 0.5) is 0 Å². The molecule has 120 valence electrons. The summed E-state index contributed by atoms with van der Waals surface area (Å²) >= 11 is 0. The lowest BCUT2D eigenvalue weighted by molar-refractivity contribution is -0.129. The zero-order valence-corrected chi connectivity index (χ0v) is 13.7. The summed E-state index contributed by atoms with van der Waals surface area (Å²) in [5.74, 6) is 0.165. The van der Waals surface area contributed by atoms with Crippen LogP contribution in [0.1, 0.15) is 39.5 Å². The van der Waals surface area contributed by atoms with Gasteiger partial charge in [-0.15, -0.1) is 0 Å². The Bertz CT molecular complexity index is 389. The molecule has 0 unspecified atom stereocenters. The largest absolute Gasteiger partial charge is 0.389 e. The first kappa shape index (κ1) is 17.9. The molecule has 0 aromatic heterocycles. The van der Waals surface area contributed by atoms with Crippen molar-refractivity contribution in [2.45, 2.75) is 51.7 Å². The summed E-state index contributed by atoms with van der Waals surface area (Å²) in [5.41, 5.74) is 1.09. The van der Waals surface area contributed by atoms with Crippen molar-refractivity contribution in [2.24, 2.45) is 5.92 Å². The molecule has 0 fully saturated rings. The molecular weight excluding hydrogens is 266 g/mol. The van der Waals surface area contributed by atoms with E-state index in [1.807, 2.05) is 39.1 Å². The van der Waals surface area contributed by atoms with Crippen LogP contribution in [0.25, 0.3) is 0 Å². The Balaban J connectivity index is 2.87. The van der Waals surface area contributed by atoms with Crippen LogP contribution in [-0.2, 0) is 9.53 Å². The summed E-state index contributed by atoms with van der Waals surface area (Å²) in [6, 6.07) is 0. The molecule has 0 aromatic rings. The Hall–Kier alpha value is -1.13. The van der Waals surface area contributed by atoms with Gasteiger partial charge in [0.25, 0.3) is 0 Å². The highest BCUT2D eigenvalue weighted by molar-refractivity contribution is 5.76. The van der Waals surface area contributed by atoms with E-state index in [1.165, 1.54) is 0 Å². The van der Waals surface area contributed by atoms with Gasteiger partial charge in [0.05, 0.1) is 6.10 Å². The minimum atomic E-state index is -0.579. The molecule has 21 heavy (non-hydrogen) atoms. The van der Waals surface area contributed by atoms with E-state index in [0.29, 0.717) is 13.0 Å². The first-order valence-electron chi connectivity index (χ1n) is 7.74. The average molecular weight is 295 g/mol. The third-order valence-electron chi connectivity index (χ3n) is 3.94. The number of methoxy groups -OCH3 is 1. The molecule has 0 saturated heterocycles. The quantitative estimate of drug-likeness (QED) is 0.756. The predicted octanol–water partition coefficient (Wildman–Crippen LogP) is 2.53. The molecule has 0 aromatic carbocycles. The Morgan fingerprint density at radius 3 is 2.76 bits per heavy atom. The molecule has 1 rings (SSSR count). The lowest BCUT2D eigenvalue weighted by atomic mass is 9.96. The summed E-state index contributed by atoms with van der Waals surface area (Å²) in [6.45, 7) is 4.58. The van der Waals surface area contributed by atoms with Crippen molar-refractivity contribution in [3.63, 3.8) is 0 Å². The molecule has 1 amide bonds. The van der Waals surface area contributed by atoms with E-state index < -0.39 is 6.10 Å². The molecule has 0 spiro atoms. The van der Waals surface area contributed by atoms with Gasteiger partial charge in [-0.1, -0.05) is 30.7 Å². The van der Waals surface area contributed by atoms with Crippen LogP contribution in [0.3, 0.4) is 0 Å². The number of hydrogen-bond acceptors (Lipinski definition) is 3. The Labute approximate surface area is 128 Å². The van der Waals surface area contributed by atoms with Gasteiger partial charge in [-0.05, 0) is 26.2 Å². The normalized spacial score (nSPS) is 34.0. The lowest BCUT2D eigenvalue weighted by Gasteiger charge is -2.24. The smallest absolute Gasteiger partial charge is 0.222 e. The average Bonchev–Trinajstić information content (AvgIpc) is 2.44. The fourth-order valence-electron chi connectivity index (χ4n) is 2.65. The number of allylic oxidation sites excluding steroid dienone is 1. The number of nitrogens with zero attached hydrogens (tertiary/aromatic N) is 1. The fourth-order valence-corrected chi connectivity index (χ4v) is 2.65. The summed E-state index contributed by atoms with van der Waals surface area (Å²) in [4.78, 5) is 13.7. The molecule has 4 nitrogen and oxygen atoms in total. The SMILES string of the molecule is CO[C@H]1/C=C/CCCCC(=O)N(C)C/C(C)=C\[C@@H](C)[C@@H]1O. The molecule has 1 aliphatic rings. The van der Waals surface area contributed by atoms with Crippen molar-refractivity contribution in [3.05, 3.63) is 23.8 Å². The molecule has 0 aliphatic carbocycles. The zero-order chi connectivity index (χ0) is 15.8. The van der Waals surface area contributed by atoms with Gasteiger partial charge in [0.15, 0.2) is 0 Å². The third kappa shape index (κ3) is 6.02. The van der Waals surface area contributed by atoms with Gasteiger partial charge in [0.1, 0.15) is 6.10 Å². The highest BCUT2D eigenvalue weighted by atomic mass is 16.5. The Kier molecular flexibility index (Phi) is 7.68. The molecule has 1 aliphatic heterocycles. The predicted molar refractivity (Wildman–Crippen MR) is 85.0 cm³/mol. The highest BCUT2D eigenvalue weighted by Gasteiger charge is 2.21. The van der Waals surface area contributed by atoms with E-state index >= 15 is 0 Å². The molecule has 0 saturated carbocycles. The van der Waals surface area contributed by atoms with Crippen molar-refractivity contribution in [1.29, 1.82) is 0 Å². The van der Waals surface area contributed by atoms with Gasteiger partial charge in [0, 0.05) is 33.0 Å². The molecular formula is C17H29NO3. The monoisotopic (exact) mass is 295 g/mol. The van der Waals surface area contributed by atoms with Gasteiger partial charge >= 0.3 is 0 Å². The number of amides is 1. The summed E-state index contributed by atoms with van der Waals surface area (Å²) in [7, 11) is 3.46. The topological polar surface area (TPSA) is 49.8 Å². The fraction of sp³-hybridized carbons (Fsp3) is 0.706. The number of carbonyl (C=O) groups excluding carboxylic acids is 1. The van der Waals surface area contributed by atoms with Gasteiger partial charge in [-0.3, -0.25) is 4.79 Å². The minimum absolute atomic E-state index is 0.0222. The van der Waals surface area contributed by atoms with Gasteiger partial charge in [0.2, 0.25) is 5.91 Å². The van der Waals surface area contributed by atoms with E-state index in [1.54, 1.807) is 12.0 Å². The number of aliphatic hydroxyl groups excluding tert-OH is 1. The zero-order valence-electron chi connectivity index (χ0n) is 13.7. The first-order valence-corrected chi connectivity index (χ1v) is 7.74. The second kappa shape index (κ2) is 9.00. The third-order valence-corrected chi connectivity index (χ3v) is 3.94. The molecule has 0 radical (unpaired) electrons. The maximum absolute atomic E-state index is 12.0. The lowest BCUT2D eigenvalue weighted by Crippen LogP contribution is -2.32. The van der Waals surface area contributed by atoms with Crippen LogP contribution < -0.4 is 0 Å². The van der Waals surface area contributed by atoms with Gasteiger partial charge in [-0.2, -0.15) is 0 Å². The van der Waals surface area contributed by atoms with Gasteiger partial charge < -0.3 is 14.7 Å².